The van der Waals surface area contributed by atoms with Crippen LogP contribution in [-0.4, -0.2) is 15.0 Å². The lowest BCUT2D eigenvalue weighted by atomic mass is 10.1. The average Bonchev–Trinajstić information content (AvgIpc) is 2.29. The molecule has 5 nitrogen and oxygen atoms in total. The number of nitrogen functional groups attached to an aromatic ring is 1. The zero-order valence-electron chi connectivity index (χ0n) is 9.94. The van der Waals surface area contributed by atoms with Crippen molar-refractivity contribution in [3.63, 3.8) is 0 Å². The van der Waals surface area contributed by atoms with Crippen LogP contribution >= 0.6 is 0 Å². The molecule has 2 heterocycles. The van der Waals surface area contributed by atoms with Crippen LogP contribution in [0.5, 0.6) is 0 Å². The summed E-state index contributed by atoms with van der Waals surface area (Å²) in [5, 5.41) is 3.23. The predicted octanol–water partition coefficient (Wildman–Crippen LogP) is 1.68. The van der Waals surface area contributed by atoms with Crippen molar-refractivity contribution in [1.29, 1.82) is 0 Å². The van der Waals surface area contributed by atoms with Gasteiger partial charge in [0.05, 0.1) is 0 Å². The second-order valence-electron chi connectivity index (χ2n) is 3.88. The summed E-state index contributed by atoms with van der Waals surface area (Å²) in [6.45, 7) is 4.67. The molecule has 0 aliphatic heterocycles. The fraction of sp³-hybridized carbons (Fsp3) is 0.250. The molecule has 88 valence electrons. The van der Waals surface area contributed by atoms with Gasteiger partial charge in [0.1, 0.15) is 18.0 Å². The molecule has 5 heteroatoms. The maximum atomic E-state index is 5.68. The molecular formula is C12H15N5. The first-order chi connectivity index (χ1) is 8.16. The Morgan fingerprint density at radius 3 is 2.82 bits per heavy atom. The number of aryl methyl sites for hydroxylation is 2. The summed E-state index contributed by atoms with van der Waals surface area (Å²) in [7, 11) is 0. The fourth-order valence-corrected chi connectivity index (χ4v) is 1.73. The Hall–Kier alpha value is -2.17. The first-order valence-electron chi connectivity index (χ1n) is 5.39. The number of hydrogen-bond donors (Lipinski definition) is 2. The van der Waals surface area contributed by atoms with Gasteiger partial charge in [0.15, 0.2) is 0 Å². The van der Waals surface area contributed by atoms with Crippen molar-refractivity contribution in [2.75, 3.05) is 11.1 Å². The van der Waals surface area contributed by atoms with Gasteiger partial charge in [-0.2, -0.15) is 0 Å². The molecule has 2 rings (SSSR count). The Bertz CT molecular complexity index is 487. The normalized spacial score (nSPS) is 10.2. The molecule has 0 amide bonds. The van der Waals surface area contributed by atoms with E-state index < -0.39 is 0 Å². The Morgan fingerprint density at radius 2 is 2.18 bits per heavy atom. The lowest BCUT2D eigenvalue weighted by Gasteiger charge is -2.11. The van der Waals surface area contributed by atoms with E-state index in [0.717, 1.165) is 22.6 Å². The van der Waals surface area contributed by atoms with Crippen LogP contribution in [0.15, 0.2) is 24.7 Å². The van der Waals surface area contributed by atoms with E-state index >= 15 is 0 Å². The lowest BCUT2D eigenvalue weighted by Crippen LogP contribution is -2.07. The molecule has 0 aromatic carbocycles. The average molecular weight is 229 g/mol. The Balaban J connectivity index is 2.15. The van der Waals surface area contributed by atoms with Crippen molar-refractivity contribution in [1.82, 2.24) is 15.0 Å². The van der Waals surface area contributed by atoms with Crippen LogP contribution in [0.4, 0.5) is 11.6 Å². The molecule has 17 heavy (non-hydrogen) atoms. The van der Waals surface area contributed by atoms with Gasteiger partial charge in [0.2, 0.25) is 0 Å². The molecule has 0 saturated carbocycles. The molecule has 0 fully saturated rings. The van der Waals surface area contributed by atoms with E-state index in [1.54, 1.807) is 6.20 Å². The first kappa shape index (κ1) is 11.3. The van der Waals surface area contributed by atoms with E-state index in [4.69, 9.17) is 5.73 Å². The molecule has 2 aromatic rings. The van der Waals surface area contributed by atoms with Gasteiger partial charge in [-0.1, -0.05) is 0 Å². The quantitative estimate of drug-likeness (QED) is 0.837. The number of nitrogens with two attached hydrogens (primary N) is 1. The molecule has 0 radical (unpaired) electrons. The van der Waals surface area contributed by atoms with Gasteiger partial charge in [0.25, 0.3) is 0 Å². The summed E-state index contributed by atoms with van der Waals surface area (Å²) in [5.41, 5.74) is 8.92. The van der Waals surface area contributed by atoms with Gasteiger partial charge in [-0.3, -0.25) is 0 Å². The predicted molar refractivity (Wildman–Crippen MR) is 67.5 cm³/mol. The number of hydrogen-bond acceptors (Lipinski definition) is 5. The number of nitrogens with zero attached hydrogens (tertiary/aromatic N) is 3. The monoisotopic (exact) mass is 229 g/mol. The maximum Gasteiger partial charge on any atom is 0.129 e. The van der Waals surface area contributed by atoms with E-state index in [9.17, 15) is 0 Å². The minimum absolute atomic E-state index is 0.561. The minimum Gasteiger partial charge on any atom is -0.384 e. The molecule has 0 spiro atoms. The Kier molecular flexibility index (Phi) is 3.18. The SMILES string of the molecule is Cc1cc(N)nc(C)c1CNc1ccncn1. The number of pyridine rings is 1. The van der Waals surface area contributed by atoms with Gasteiger partial charge in [0, 0.05) is 18.4 Å². The molecule has 2 aromatic heterocycles. The smallest absolute Gasteiger partial charge is 0.129 e. The zero-order valence-corrected chi connectivity index (χ0v) is 9.94. The maximum absolute atomic E-state index is 5.68. The highest BCUT2D eigenvalue weighted by Gasteiger charge is 2.05. The third kappa shape index (κ3) is 2.69. The highest BCUT2D eigenvalue weighted by Crippen LogP contribution is 2.15. The Morgan fingerprint density at radius 1 is 1.35 bits per heavy atom. The van der Waals surface area contributed by atoms with Crippen molar-refractivity contribution < 1.29 is 0 Å². The largest absolute Gasteiger partial charge is 0.384 e. The van der Waals surface area contributed by atoms with Gasteiger partial charge < -0.3 is 11.1 Å². The van der Waals surface area contributed by atoms with E-state index in [0.29, 0.717) is 12.4 Å². The molecular weight excluding hydrogens is 214 g/mol. The number of nitrogens with one attached hydrogen (secondary N) is 1. The highest BCUT2D eigenvalue weighted by molar-refractivity contribution is 5.42. The zero-order chi connectivity index (χ0) is 12.3. The highest BCUT2D eigenvalue weighted by atomic mass is 15.0. The van der Waals surface area contributed by atoms with Crippen molar-refractivity contribution in [2.45, 2.75) is 20.4 Å². The van der Waals surface area contributed by atoms with Crippen LogP contribution in [0, 0.1) is 13.8 Å². The van der Waals surface area contributed by atoms with Crippen LogP contribution in [0.3, 0.4) is 0 Å². The van der Waals surface area contributed by atoms with Crippen molar-refractivity contribution in [3.8, 4) is 0 Å². The molecule has 0 bridgehead atoms. The van der Waals surface area contributed by atoms with E-state index in [-0.39, 0.29) is 0 Å². The lowest BCUT2D eigenvalue weighted by molar-refractivity contribution is 1.02. The van der Waals surface area contributed by atoms with Gasteiger partial charge in [-0.05, 0) is 37.1 Å². The summed E-state index contributed by atoms with van der Waals surface area (Å²) in [6.07, 6.45) is 3.22. The van der Waals surface area contributed by atoms with Crippen LogP contribution in [0.25, 0.3) is 0 Å². The standard InChI is InChI=1S/C12H15N5/c1-8-5-11(13)17-9(2)10(8)6-15-12-3-4-14-7-16-12/h3-5,7H,6H2,1-2H3,(H2,13,17)(H,14,15,16). The summed E-state index contributed by atoms with van der Waals surface area (Å²) < 4.78 is 0. The molecule has 0 aliphatic rings. The summed E-state index contributed by atoms with van der Waals surface area (Å²) >= 11 is 0. The second-order valence-corrected chi connectivity index (χ2v) is 3.88. The van der Waals surface area contributed by atoms with Gasteiger partial charge in [-0.15, -0.1) is 0 Å². The van der Waals surface area contributed by atoms with Crippen LogP contribution in [0.1, 0.15) is 16.8 Å². The van der Waals surface area contributed by atoms with Crippen molar-refractivity contribution in [3.05, 3.63) is 41.5 Å². The fourth-order valence-electron chi connectivity index (χ4n) is 1.73. The van der Waals surface area contributed by atoms with Gasteiger partial charge in [-0.25, -0.2) is 15.0 Å². The first-order valence-corrected chi connectivity index (χ1v) is 5.39. The van der Waals surface area contributed by atoms with E-state index in [1.165, 1.54) is 6.33 Å². The number of rotatable bonds is 3. The molecule has 3 N–H and O–H groups in total. The van der Waals surface area contributed by atoms with E-state index in [1.807, 2.05) is 26.0 Å². The number of anilines is 2. The Labute approximate surface area is 100 Å². The van der Waals surface area contributed by atoms with Crippen molar-refractivity contribution >= 4 is 11.6 Å². The minimum atomic E-state index is 0.561. The van der Waals surface area contributed by atoms with Gasteiger partial charge >= 0.3 is 0 Å². The van der Waals surface area contributed by atoms with Crippen LogP contribution in [-0.2, 0) is 6.54 Å². The van der Waals surface area contributed by atoms with Crippen molar-refractivity contribution in [2.24, 2.45) is 0 Å². The van der Waals surface area contributed by atoms with Crippen LogP contribution < -0.4 is 11.1 Å². The van der Waals surface area contributed by atoms with E-state index in [2.05, 4.69) is 20.3 Å². The number of aromatic nitrogens is 3. The summed E-state index contributed by atoms with van der Waals surface area (Å²) in [6, 6.07) is 3.71. The molecule has 0 unspecified atom stereocenters. The van der Waals surface area contributed by atoms with Crippen LogP contribution in [0.2, 0.25) is 0 Å². The third-order valence-electron chi connectivity index (χ3n) is 2.60. The summed E-state index contributed by atoms with van der Waals surface area (Å²) in [5.74, 6) is 1.36. The molecule has 0 aliphatic carbocycles. The molecule has 0 atom stereocenters. The topological polar surface area (TPSA) is 76.7 Å². The summed E-state index contributed by atoms with van der Waals surface area (Å²) in [4.78, 5) is 12.2. The molecule has 0 saturated heterocycles. The third-order valence-corrected chi connectivity index (χ3v) is 2.60. The second kappa shape index (κ2) is 4.78.